The lowest BCUT2D eigenvalue weighted by Gasteiger charge is -2.10. The molecular weight excluding hydrogens is 260 g/mol. The number of benzene rings is 1. The van der Waals surface area contributed by atoms with Gasteiger partial charge in [0, 0.05) is 17.3 Å². The van der Waals surface area contributed by atoms with Gasteiger partial charge in [-0.15, -0.1) is 0 Å². The molecule has 4 nitrogen and oxygen atoms in total. The third kappa shape index (κ3) is 2.56. The zero-order valence-electron chi connectivity index (χ0n) is 10.3. The van der Waals surface area contributed by atoms with Crippen LogP contribution in [0.2, 0.25) is 5.02 Å². The lowest BCUT2D eigenvalue weighted by molar-refractivity contribution is 0.701. The van der Waals surface area contributed by atoms with Crippen LogP contribution in [0.25, 0.3) is 0 Å². The Bertz CT molecular complexity index is 637. The van der Waals surface area contributed by atoms with E-state index in [4.69, 9.17) is 16.9 Å². The summed E-state index contributed by atoms with van der Waals surface area (Å²) < 4.78 is 2.20. The number of imidazole rings is 1. The predicted octanol–water partition coefficient (Wildman–Crippen LogP) is 3.36. The van der Waals surface area contributed by atoms with Crippen LogP contribution in [0.1, 0.15) is 30.1 Å². The molecule has 3 rings (SSSR count). The minimum absolute atomic E-state index is 0.599. The predicted molar refractivity (Wildman–Crippen MR) is 74.0 cm³/mol. The Morgan fingerprint density at radius 2 is 2.32 bits per heavy atom. The van der Waals surface area contributed by atoms with Crippen molar-refractivity contribution in [1.82, 2.24) is 9.55 Å². The van der Waals surface area contributed by atoms with E-state index in [9.17, 15) is 0 Å². The first kappa shape index (κ1) is 12.1. The molecule has 1 fully saturated rings. The van der Waals surface area contributed by atoms with Crippen molar-refractivity contribution >= 4 is 17.3 Å². The van der Waals surface area contributed by atoms with E-state index in [1.54, 1.807) is 18.2 Å². The van der Waals surface area contributed by atoms with E-state index in [0.717, 1.165) is 11.4 Å². The zero-order chi connectivity index (χ0) is 13.2. The molecule has 0 aliphatic heterocycles. The average molecular weight is 273 g/mol. The molecule has 5 heteroatoms. The van der Waals surface area contributed by atoms with Crippen LogP contribution in [-0.2, 0) is 6.54 Å². The van der Waals surface area contributed by atoms with E-state index in [1.807, 2.05) is 12.5 Å². The largest absolute Gasteiger partial charge is 0.378 e. The molecular formula is C14H13ClN4. The van der Waals surface area contributed by atoms with Gasteiger partial charge in [0.2, 0.25) is 0 Å². The van der Waals surface area contributed by atoms with Gasteiger partial charge in [0.05, 0.1) is 29.8 Å². The normalized spacial score (nSPS) is 14.1. The smallest absolute Gasteiger partial charge is 0.101 e. The lowest BCUT2D eigenvalue weighted by atomic mass is 10.2. The Balaban J connectivity index is 1.77. The molecule has 1 N–H and O–H groups in total. The van der Waals surface area contributed by atoms with Crippen molar-refractivity contribution in [2.24, 2.45) is 0 Å². The van der Waals surface area contributed by atoms with Crippen molar-refractivity contribution in [3.05, 3.63) is 47.0 Å². The van der Waals surface area contributed by atoms with Gasteiger partial charge in [-0.25, -0.2) is 4.98 Å². The Morgan fingerprint density at radius 1 is 1.47 bits per heavy atom. The fourth-order valence-electron chi connectivity index (χ4n) is 2.10. The Morgan fingerprint density at radius 3 is 3.05 bits per heavy atom. The highest BCUT2D eigenvalue weighted by molar-refractivity contribution is 6.30. The van der Waals surface area contributed by atoms with Gasteiger partial charge in [0.15, 0.2) is 0 Å². The third-order valence-corrected chi connectivity index (χ3v) is 3.48. The summed E-state index contributed by atoms with van der Waals surface area (Å²) in [5.41, 5.74) is 2.49. The maximum atomic E-state index is 9.07. The molecule has 0 bridgehead atoms. The molecule has 1 heterocycles. The van der Waals surface area contributed by atoms with E-state index in [2.05, 4.69) is 20.9 Å². The number of rotatable bonds is 4. The molecule has 1 saturated carbocycles. The van der Waals surface area contributed by atoms with Gasteiger partial charge < -0.3 is 9.88 Å². The summed E-state index contributed by atoms with van der Waals surface area (Å²) in [6.07, 6.45) is 6.19. The topological polar surface area (TPSA) is 53.6 Å². The lowest BCUT2D eigenvalue weighted by Crippen LogP contribution is -2.06. The van der Waals surface area contributed by atoms with Gasteiger partial charge >= 0.3 is 0 Å². The first-order chi connectivity index (χ1) is 9.28. The number of nitrogens with one attached hydrogen (secondary N) is 1. The number of anilines is 1. The first-order valence-electron chi connectivity index (χ1n) is 6.22. The van der Waals surface area contributed by atoms with Crippen LogP contribution >= 0.6 is 11.6 Å². The highest BCUT2D eigenvalue weighted by atomic mass is 35.5. The minimum atomic E-state index is 0.599. The minimum Gasteiger partial charge on any atom is -0.378 e. The van der Waals surface area contributed by atoms with Crippen molar-refractivity contribution in [1.29, 1.82) is 5.26 Å². The molecule has 0 atom stereocenters. The second-order valence-electron chi connectivity index (χ2n) is 4.68. The SMILES string of the molecule is N#Cc1ccc(Cl)cc1NCc1cncn1C1CC1. The number of nitriles is 1. The maximum Gasteiger partial charge on any atom is 0.101 e. The summed E-state index contributed by atoms with van der Waals surface area (Å²) in [5.74, 6) is 0. The van der Waals surface area contributed by atoms with Crippen LogP contribution in [0.4, 0.5) is 5.69 Å². The number of hydrogen-bond donors (Lipinski definition) is 1. The number of hydrogen-bond acceptors (Lipinski definition) is 3. The van der Waals surface area contributed by atoms with Crippen LogP contribution < -0.4 is 5.32 Å². The van der Waals surface area contributed by atoms with Crippen LogP contribution in [0.15, 0.2) is 30.7 Å². The fraction of sp³-hybridized carbons (Fsp3) is 0.286. The molecule has 1 aromatic heterocycles. The quantitative estimate of drug-likeness (QED) is 0.928. The highest BCUT2D eigenvalue weighted by Crippen LogP contribution is 2.35. The van der Waals surface area contributed by atoms with Crippen LogP contribution in [0.3, 0.4) is 0 Å². The molecule has 19 heavy (non-hydrogen) atoms. The van der Waals surface area contributed by atoms with E-state index in [0.29, 0.717) is 23.2 Å². The maximum absolute atomic E-state index is 9.07. The van der Waals surface area contributed by atoms with Crippen molar-refractivity contribution in [2.75, 3.05) is 5.32 Å². The standard InChI is InChI=1S/C14H13ClN4/c15-11-2-1-10(6-16)14(5-11)18-8-13-7-17-9-19(13)12-3-4-12/h1-2,5,7,9,12,18H,3-4,8H2. The molecule has 0 radical (unpaired) electrons. The van der Waals surface area contributed by atoms with E-state index < -0.39 is 0 Å². The van der Waals surface area contributed by atoms with Crippen molar-refractivity contribution in [2.45, 2.75) is 25.4 Å². The van der Waals surface area contributed by atoms with Gasteiger partial charge in [0.1, 0.15) is 6.07 Å². The first-order valence-corrected chi connectivity index (χ1v) is 6.60. The second-order valence-corrected chi connectivity index (χ2v) is 5.12. The molecule has 2 aromatic rings. The van der Waals surface area contributed by atoms with E-state index in [-0.39, 0.29) is 0 Å². The Kier molecular flexibility index (Phi) is 3.14. The Hall–Kier alpha value is -1.99. The second kappa shape index (κ2) is 4.94. The van der Waals surface area contributed by atoms with Gasteiger partial charge in [-0.1, -0.05) is 11.6 Å². The number of aromatic nitrogens is 2. The van der Waals surface area contributed by atoms with Gasteiger partial charge in [-0.05, 0) is 31.0 Å². The van der Waals surface area contributed by atoms with Crippen molar-refractivity contribution in [3.63, 3.8) is 0 Å². The summed E-state index contributed by atoms with van der Waals surface area (Å²) >= 11 is 5.96. The third-order valence-electron chi connectivity index (χ3n) is 3.25. The van der Waals surface area contributed by atoms with Crippen molar-refractivity contribution < 1.29 is 0 Å². The van der Waals surface area contributed by atoms with Crippen LogP contribution in [0, 0.1) is 11.3 Å². The monoisotopic (exact) mass is 272 g/mol. The van der Waals surface area contributed by atoms with E-state index >= 15 is 0 Å². The number of halogens is 1. The fourth-order valence-corrected chi connectivity index (χ4v) is 2.27. The van der Waals surface area contributed by atoms with Gasteiger partial charge in [-0.2, -0.15) is 5.26 Å². The van der Waals surface area contributed by atoms with Gasteiger partial charge in [-0.3, -0.25) is 0 Å². The average Bonchev–Trinajstić information content (AvgIpc) is 3.15. The highest BCUT2D eigenvalue weighted by Gasteiger charge is 2.25. The summed E-state index contributed by atoms with van der Waals surface area (Å²) in [6, 6.07) is 7.99. The number of nitrogens with zero attached hydrogens (tertiary/aromatic N) is 3. The van der Waals surface area contributed by atoms with Crippen LogP contribution in [0.5, 0.6) is 0 Å². The zero-order valence-corrected chi connectivity index (χ0v) is 11.1. The van der Waals surface area contributed by atoms with Crippen LogP contribution in [-0.4, -0.2) is 9.55 Å². The summed E-state index contributed by atoms with van der Waals surface area (Å²) in [7, 11) is 0. The molecule has 0 saturated heterocycles. The molecule has 0 unspecified atom stereocenters. The van der Waals surface area contributed by atoms with Gasteiger partial charge in [0.25, 0.3) is 0 Å². The molecule has 0 spiro atoms. The van der Waals surface area contributed by atoms with E-state index in [1.165, 1.54) is 12.8 Å². The molecule has 1 aromatic carbocycles. The Labute approximate surface area is 116 Å². The molecule has 0 amide bonds. The summed E-state index contributed by atoms with van der Waals surface area (Å²) in [6.45, 7) is 0.644. The molecule has 1 aliphatic rings. The summed E-state index contributed by atoms with van der Waals surface area (Å²) in [5, 5.41) is 13.0. The molecule has 1 aliphatic carbocycles. The van der Waals surface area contributed by atoms with Crippen molar-refractivity contribution in [3.8, 4) is 6.07 Å². The molecule has 96 valence electrons. The summed E-state index contributed by atoms with van der Waals surface area (Å²) in [4.78, 5) is 4.19.